The number of hydrogen-bond donors (Lipinski definition) is 2. The monoisotopic (exact) mass is 474 g/mol. The largest absolute Gasteiger partial charge is 0.465 e. The molecule has 1 amide bonds. The van der Waals surface area contributed by atoms with E-state index in [1.165, 1.54) is 25.3 Å². The number of sulfonamides is 1. The van der Waals surface area contributed by atoms with Crippen molar-refractivity contribution in [3.8, 4) is 0 Å². The maximum Gasteiger partial charge on any atom is 0.337 e. The van der Waals surface area contributed by atoms with Crippen LogP contribution in [-0.2, 0) is 26.1 Å². The van der Waals surface area contributed by atoms with Crippen LogP contribution in [0.1, 0.15) is 28.8 Å². The third-order valence-electron chi connectivity index (χ3n) is 5.87. The standard InChI is InChI=1S/C23H23ClN2O5S/c1-31-23(28)17-9-15(13-25-22(27)19-11-14-6-7-16(19)8-14)10-18(12-17)26-32(29,30)21-5-3-2-4-20(21)24/h2-7,9-10,12,14,16,19,26H,8,11,13H2,1H3,(H,25,27)/t14-,16+,19-/m1/s1. The molecule has 168 valence electrons. The Morgan fingerprint density at radius 1 is 1.12 bits per heavy atom. The Kier molecular flexibility index (Phi) is 6.26. The molecule has 9 heteroatoms. The van der Waals surface area contributed by atoms with E-state index < -0.39 is 16.0 Å². The predicted molar refractivity (Wildman–Crippen MR) is 121 cm³/mol. The molecule has 2 aliphatic rings. The Hall–Kier alpha value is -2.84. The quantitative estimate of drug-likeness (QED) is 0.470. The summed E-state index contributed by atoms with van der Waals surface area (Å²) >= 11 is 6.04. The molecule has 1 saturated carbocycles. The lowest BCUT2D eigenvalue weighted by atomic mass is 9.93. The van der Waals surface area contributed by atoms with Crippen LogP contribution in [0, 0.1) is 17.8 Å². The average molecular weight is 475 g/mol. The van der Waals surface area contributed by atoms with Crippen molar-refractivity contribution in [1.29, 1.82) is 0 Å². The highest BCUT2D eigenvalue weighted by Crippen LogP contribution is 2.43. The molecule has 0 radical (unpaired) electrons. The van der Waals surface area contributed by atoms with Gasteiger partial charge in [-0.2, -0.15) is 0 Å². The molecule has 32 heavy (non-hydrogen) atoms. The highest BCUT2D eigenvalue weighted by molar-refractivity contribution is 7.92. The second-order valence-electron chi connectivity index (χ2n) is 8.05. The van der Waals surface area contributed by atoms with E-state index >= 15 is 0 Å². The van der Waals surface area contributed by atoms with Crippen molar-refractivity contribution in [3.63, 3.8) is 0 Å². The summed E-state index contributed by atoms with van der Waals surface area (Å²) < 4.78 is 32.9. The summed E-state index contributed by atoms with van der Waals surface area (Å²) in [6.45, 7) is 0.155. The summed E-state index contributed by atoms with van der Waals surface area (Å²) in [5, 5.41) is 3.00. The number of benzene rings is 2. The number of anilines is 1. The van der Waals surface area contributed by atoms with E-state index in [1.54, 1.807) is 24.3 Å². The van der Waals surface area contributed by atoms with Crippen LogP contribution in [-0.4, -0.2) is 27.4 Å². The van der Waals surface area contributed by atoms with Crippen LogP contribution in [0.3, 0.4) is 0 Å². The number of esters is 1. The molecule has 0 aliphatic heterocycles. The lowest BCUT2D eigenvalue weighted by Gasteiger charge is -2.18. The molecule has 4 rings (SSSR count). The number of nitrogens with one attached hydrogen (secondary N) is 2. The fourth-order valence-corrected chi connectivity index (χ4v) is 5.92. The first-order chi connectivity index (χ1) is 15.3. The number of amides is 1. The molecule has 0 spiro atoms. The molecule has 2 aromatic carbocycles. The van der Waals surface area contributed by atoms with Gasteiger partial charge in [0, 0.05) is 12.5 Å². The fourth-order valence-electron chi connectivity index (χ4n) is 4.36. The van der Waals surface area contributed by atoms with Crippen LogP contribution < -0.4 is 10.0 Å². The number of hydrogen-bond acceptors (Lipinski definition) is 5. The van der Waals surface area contributed by atoms with Gasteiger partial charge < -0.3 is 10.1 Å². The number of allylic oxidation sites excluding steroid dienone is 2. The maximum absolute atomic E-state index is 12.8. The number of methoxy groups -OCH3 is 1. The topological polar surface area (TPSA) is 102 Å². The number of carbonyl (C=O) groups is 2. The third kappa shape index (κ3) is 4.66. The van der Waals surface area contributed by atoms with Crippen LogP contribution in [0.4, 0.5) is 5.69 Å². The molecule has 0 heterocycles. The highest BCUT2D eigenvalue weighted by Gasteiger charge is 2.39. The van der Waals surface area contributed by atoms with Gasteiger partial charge >= 0.3 is 5.97 Å². The molecule has 0 aromatic heterocycles. The summed E-state index contributed by atoms with van der Waals surface area (Å²) in [6.07, 6.45) is 6.14. The van der Waals surface area contributed by atoms with Crippen LogP contribution in [0.15, 0.2) is 59.5 Å². The van der Waals surface area contributed by atoms with E-state index in [0.717, 1.165) is 12.8 Å². The van der Waals surface area contributed by atoms with Crippen molar-refractivity contribution in [2.45, 2.75) is 24.3 Å². The Balaban J connectivity index is 1.54. The summed E-state index contributed by atoms with van der Waals surface area (Å²) in [7, 11) is -2.75. The zero-order chi connectivity index (χ0) is 22.9. The number of rotatable bonds is 7. The van der Waals surface area contributed by atoms with Gasteiger partial charge in [0.25, 0.3) is 10.0 Å². The van der Waals surface area contributed by atoms with Crippen LogP contribution in [0.25, 0.3) is 0 Å². The van der Waals surface area contributed by atoms with Crippen molar-refractivity contribution < 1.29 is 22.7 Å². The Labute approximate surface area is 191 Å². The molecule has 2 aliphatic carbocycles. The van der Waals surface area contributed by atoms with Crippen LogP contribution in [0.5, 0.6) is 0 Å². The van der Waals surface area contributed by atoms with Gasteiger partial charge in [-0.05, 0) is 60.6 Å². The molecule has 1 fully saturated rings. The van der Waals surface area contributed by atoms with Crippen LogP contribution >= 0.6 is 11.6 Å². The molecule has 2 bridgehead atoms. The predicted octanol–water partition coefficient (Wildman–Crippen LogP) is 3.76. The summed E-state index contributed by atoms with van der Waals surface area (Å²) in [6, 6.07) is 10.6. The van der Waals surface area contributed by atoms with Gasteiger partial charge in [-0.25, -0.2) is 13.2 Å². The van der Waals surface area contributed by atoms with E-state index in [-0.39, 0.29) is 45.5 Å². The lowest BCUT2D eigenvalue weighted by Crippen LogP contribution is -2.32. The Morgan fingerprint density at radius 2 is 1.91 bits per heavy atom. The number of halogens is 1. The molecular weight excluding hydrogens is 452 g/mol. The first-order valence-corrected chi connectivity index (χ1v) is 12.1. The first kappa shape index (κ1) is 22.4. The molecule has 2 N–H and O–H groups in total. The number of carbonyl (C=O) groups excluding carboxylic acids is 2. The second-order valence-corrected chi connectivity index (χ2v) is 10.1. The van der Waals surface area contributed by atoms with E-state index in [9.17, 15) is 18.0 Å². The van der Waals surface area contributed by atoms with Gasteiger partial charge in [-0.1, -0.05) is 35.9 Å². The summed E-state index contributed by atoms with van der Waals surface area (Å²) in [5.74, 6) is 0.0497. The van der Waals surface area contributed by atoms with Gasteiger partial charge in [0.1, 0.15) is 4.90 Å². The number of ether oxygens (including phenoxy) is 1. The molecule has 7 nitrogen and oxygen atoms in total. The van der Waals surface area contributed by atoms with Gasteiger partial charge in [-0.15, -0.1) is 0 Å². The smallest absolute Gasteiger partial charge is 0.337 e. The molecular formula is C23H23ClN2O5S. The minimum absolute atomic E-state index is 0.0384. The second kappa shape index (κ2) is 8.96. The molecule has 0 saturated heterocycles. The van der Waals surface area contributed by atoms with Crippen molar-refractivity contribution in [2.75, 3.05) is 11.8 Å². The average Bonchev–Trinajstić information content (AvgIpc) is 3.40. The SMILES string of the molecule is COC(=O)c1cc(CNC(=O)[C@@H]2C[C@@H]3C=C[C@H]2C3)cc(NS(=O)(=O)c2ccccc2Cl)c1. The van der Waals surface area contributed by atoms with E-state index in [0.29, 0.717) is 11.5 Å². The maximum atomic E-state index is 12.8. The van der Waals surface area contributed by atoms with Crippen molar-refractivity contribution in [3.05, 3.63) is 70.8 Å². The van der Waals surface area contributed by atoms with Crippen molar-refractivity contribution in [1.82, 2.24) is 5.32 Å². The normalized spacial score (nSPS) is 21.4. The Bertz CT molecular complexity index is 1190. The zero-order valence-electron chi connectivity index (χ0n) is 17.4. The van der Waals surface area contributed by atoms with Crippen molar-refractivity contribution in [2.24, 2.45) is 17.8 Å². The minimum Gasteiger partial charge on any atom is -0.465 e. The van der Waals surface area contributed by atoms with Crippen molar-refractivity contribution >= 4 is 39.2 Å². The van der Waals surface area contributed by atoms with Crippen LogP contribution in [0.2, 0.25) is 5.02 Å². The van der Waals surface area contributed by atoms with Gasteiger partial charge in [0.2, 0.25) is 5.91 Å². The Morgan fingerprint density at radius 3 is 2.56 bits per heavy atom. The third-order valence-corrected chi connectivity index (χ3v) is 7.76. The molecule has 2 aromatic rings. The van der Waals surface area contributed by atoms with E-state index in [2.05, 4.69) is 22.2 Å². The minimum atomic E-state index is -3.99. The van der Waals surface area contributed by atoms with Gasteiger partial charge in [0.15, 0.2) is 0 Å². The molecule has 3 atom stereocenters. The fraction of sp³-hybridized carbons (Fsp3) is 0.304. The highest BCUT2D eigenvalue weighted by atomic mass is 35.5. The summed E-state index contributed by atoms with van der Waals surface area (Å²) in [4.78, 5) is 24.7. The summed E-state index contributed by atoms with van der Waals surface area (Å²) in [5.41, 5.74) is 0.899. The molecule has 0 unspecified atom stereocenters. The zero-order valence-corrected chi connectivity index (χ0v) is 18.9. The first-order valence-electron chi connectivity index (χ1n) is 10.2. The van der Waals surface area contributed by atoms with E-state index in [1.807, 2.05) is 0 Å². The van der Waals surface area contributed by atoms with Gasteiger partial charge in [0.05, 0.1) is 23.4 Å². The lowest BCUT2D eigenvalue weighted by molar-refractivity contribution is -0.125. The van der Waals surface area contributed by atoms with E-state index in [4.69, 9.17) is 16.3 Å². The number of fused-ring (bicyclic) bond motifs is 2. The van der Waals surface area contributed by atoms with Gasteiger partial charge in [-0.3, -0.25) is 9.52 Å².